The summed E-state index contributed by atoms with van der Waals surface area (Å²) in [5, 5.41) is 3.49. The fourth-order valence-electron chi connectivity index (χ4n) is 3.52. The summed E-state index contributed by atoms with van der Waals surface area (Å²) in [6.45, 7) is 0. The molecule has 6 nitrogen and oxygen atoms in total. The van der Waals surface area contributed by atoms with E-state index < -0.39 is 6.17 Å². The van der Waals surface area contributed by atoms with Crippen LogP contribution in [-0.2, 0) is 0 Å². The summed E-state index contributed by atoms with van der Waals surface area (Å²) in [4.78, 5) is 15.2. The number of amides is 1. The van der Waals surface area contributed by atoms with Gasteiger partial charge in [0, 0.05) is 23.0 Å². The molecule has 1 aliphatic rings. The van der Waals surface area contributed by atoms with Gasteiger partial charge in [0.25, 0.3) is 5.91 Å². The van der Waals surface area contributed by atoms with Gasteiger partial charge < -0.3 is 19.5 Å². The monoisotopic (exact) mass is 390 g/mol. The highest BCUT2D eigenvalue weighted by Gasteiger charge is 2.35. The predicted octanol–water partition coefficient (Wildman–Crippen LogP) is 4.48. The van der Waals surface area contributed by atoms with E-state index in [1.54, 1.807) is 26.2 Å². The molecule has 3 aromatic carbocycles. The van der Waals surface area contributed by atoms with Gasteiger partial charge in [-0.1, -0.05) is 12.1 Å². The Morgan fingerprint density at radius 1 is 0.828 bits per heavy atom. The van der Waals surface area contributed by atoms with E-state index in [2.05, 4.69) is 5.32 Å². The number of hydrogen-bond donors (Lipinski definition) is 1. The van der Waals surface area contributed by atoms with Crippen LogP contribution in [-0.4, -0.2) is 27.2 Å². The van der Waals surface area contributed by atoms with Crippen LogP contribution in [0.15, 0.2) is 66.7 Å². The van der Waals surface area contributed by atoms with Crippen LogP contribution in [0.2, 0.25) is 0 Å². The fourth-order valence-corrected chi connectivity index (χ4v) is 3.52. The van der Waals surface area contributed by atoms with Crippen molar-refractivity contribution in [3.8, 4) is 17.2 Å². The Labute approximate surface area is 169 Å². The first-order valence-electron chi connectivity index (χ1n) is 9.21. The summed E-state index contributed by atoms with van der Waals surface area (Å²) in [6.07, 6.45) is -0.452. The number of rotatable bonds is 5. The Hall–Kier alpha value is -3.67. The highest BCUT2D eigenvalue weighted by atomic mass is 16.5. The van der Waals surface area contributed by atoms with Gasteiger partial charge in [-0.3, -0.25) is 9.69 Å². The zero-order valence-electron chi connectivity index (χ0n) is 16.5. The Morgan fingerprint density at radius 3 is 2.21 bits per heavy atom. The lowest BCUT2D eigenvalue weighted by Crippen LogP contribution is -2.43. The van der Waals surface area contributed by atoms with Crippen LogP contribution in [0.4, 0.5) is 11.4 Å². The van der Waals surface area contributed by atoms with E-state index in [-0.39, 0.29) is 5.91 Å². The van der Waals surface area contributed by atoms with Crippen molar-refractivity contribution in [2.75, 3.05) is 31.5 Å². The lowest BCUT2D eigenvalue weighted by molar-refractivity contribution is 0.0974. The summed E-state index contributed by atoms with van der Waals surface area (Å²) < 4.78 is 16.2. The summed E-state index contributed by atoms with van der Waals surface area (Å²) in [6, 6.07) is 20.5. The van der Waals surface area contributed by atoms with Crippen molar-refractivity contribution in [2.45, 2.75) is 6.17 Å². The first-order valence-corrected chi connectivity index (χ1v) is 9.21. The van der Waals surface area contributed by atoms with Crippen LogP contribution >= 0.6 is 0 Å². The quantitative estimate of drug-likeness (QED) is 0.696. The summed E-state index contributed by atoms with van der Waals surface area (Å²) in [5.74, 6) is 1.95. The molecule has 0 radical (unpaired) electrons. The number of carbonyl (C=O) groups excluding carboxylic acids is 1. The van der Waals surface area contributed by atoms with Gasteiger partial charge in [0.1, 0.15) is 23.4 Å². The number of fused-ring (bicyclic) bond motifs is 1. The van der Waals surface area contributed by atoms with Gasteiger partial charge in [-0.25, -0.2) is 0 Å². The molecule has 1 amide bonds. The fraction of sp³-hybridized carbons (Fsp3) is 0.174. The SMILES string of the molecule is COc1ccc(N2C(=O)c3ccccc3NC2c2ccc(OC)cc2OC)cc1. The van der Waals surface area contributed by atoms with Crippen molar-refractivity contribution in [2.24, 2.45) is 0 Å². The maximum absolute atomic E-state index is 13.5. The predicted molar refractivity (Wildman–Crippen MR) is 112 cm³/mol. The molecule has 4 rings (SSSR count). The third kappa shape index (κ3) is 3.33. The zero-order valence-corrected chi connectivity index (χ0v) is 16.5. The minimum Gasteiger partial charge on any atom is -0.497 e. The largest absolute Gasteiger partial charge is 0.497 e. The van der Waals surface area contributed by atoms with Crippen LogP contribution in [0.5, 0.6) is 17.2 Å². The topological polar surface area (TPSA) is 60.0 Å². The Morgan fingerprint density at radius 2 is 1.52 bits per heavy atom. The number of carbonyl (C=O) groups is 1. The maximum atomic E-state index is 13.5. The number of anilines is 2. The number of nitrogens with one attached hydrogen (secondary N) is 1. The molecule has 0 bridgehead atoms. The molecule has 0 saturated heterocycles. The lowest BCUT2D eigenvalue weighted by Gasteiger charge is -2.38. The van der Waals surface area contributed by atoms with Gasteiger partial charge in [0.2, 0.25) is 0 Å². The summed E-state index contributed by atoms with van der Waals surface area (Å²) >= 11 is 0. The average Bonchev–Trinajstić information content (AvgIpc) is 2.78. The lowest BCUT2D eigenvalue weighted by atomic mass is 10.0. The first-order chi connectivity index (χ1) is 14.2. The molecular formula is C23H22N2O4. The molecule has 6 heteroatoms. The molecule has 1 aliphatic heterocycles. The molecular weight excluding hydrogens is 368 g/mol. The van der Waals surface area contributed by atoms with Gasteiger partial charge in [-0.2, -0.15) is 0 Å². The second-order valence-electron chi connectivity index (χ2n) is 6.57. The Bertz CT molecular complexity index is 1030. The van der Waals surface area contributed by atoms with E-state index in [4.69, 9.17) is 14.2 Å². The molecule has 0 spiro atoms. The van der Waals surface area contributed by atoms with E-state index in [0.29, 0.717) is 17.1 Å². The maximum Gasteiger partial charge on any atom is 0.262 e. The van der Waals surface area contributed by atoms with E-state index >= 15 is 0 Å². The van der Waals surface area contributed by atoms with Gasteiger partial charge in [-0.15, -0.1) is 0 Å². The molecule has 1 unspecified atom stereocenters. The minimum atomic E-state index is -0.452. The molecule has 1 atom stereocenters. The van der Waals surface area contributed by atoms with Crippen molar-refractivity contribution in [3.05, 3.63) is 77.9 Å². The van der Waals surface area contributed by atoms with Crippen molar-refractivity contribution < 1.29 is 19.0 Å². The average molecular weight is 390 g/mol. The summed E-state index contributed by atoms with van der Waals surface area (Å²) in [7, 11) is 4.83. The highest BCUT2D eigenvalue weighted by molar-refractivity contribution is 6.12. The van der Waals surface area contributed by atoms with Gasteiger partial charge in [0.15, 0.2) is 0 Å². The smallest absolute Gasteiger partial charge is 0.262 e. The standard InChI is InChI=1S/C23H22N2O4/c1-27-16-10-8-15(9-11-16)25-22(19-13-12-17(28-2)14-21(19)29-3)24-20-7-5-4-6-18(20)23(25)26/h4-14,22,24H,1-3H3. The molecule has 148 valence electrons. The number of para-hydroxylation sites is 1. The number of benzene rings is 3. The molecule has 0 aromatic heterocycles. The van der Waals surface area contributed by atoms with Crippen molar-refractivity contribution in [1.29, 1.82) is 0 Å². The van der Waals surface area contributed by atoms with Crippen LogP contribution in [0.25, 0.3) is 0 Å². The van der Waals surface area contributed by atoms with Crippen molar-refractivity contribution in [1.82, 2.24) is 0 Å². The van der Waals surface area contributed by atoms with E-state index in [1.807, 2.05) is 66.7 Å². The van der Waals surface area contributed by atoms with Crippen LogP contribution in [0, 0.1) is 0 Å². The van der Waals surface area contributed by atoms with Crippen molar-refractivity contribution >= 4 is 17.3 Å². The molecule has 0 saturated carbocycles. The van der Waals surface area contributed by atoms with Gasteiger partial charge in [0.05, 0.1) is 26.9 Å². The number of nitrogens with zero attached hydrogens (tertiary/aromatic N) is 1. The molecule has 0 aliphatic carbocycles. The van der Waals surface area contributed by atoms with Gasteiger partial charge >= 0.3 is 0 Å². The molecule has 1 heterocycles. The van der Waals surface area contributed by atoms with Crippen LogP contribution in [0.1, 0.15) is 22.1 Å². The second-order valence-corrected chi connectivity index (χ2v) is 6.57. The van der Waals surface area contributed by atoms with E-state index in [1.165, 1.54) is 0 Å². The summed E-state index contributed by atoms with van der Waals surface area (Å²) in [5.41, 5.74) is 2.98. The van der Waals surface area contributed by atoms with E-state index in [9.17, 15) is 4.79 Å². The molecule has 29 heavy (non-hydrogen) atoms. The molecule has 0 fully saturated rings. The number of hydrogen-bond acceptors (Lipinski definition) is 5. The zero-order chi connectivity index (χ0) is 20.4. The van der Waals surface area contributed by atoms with Gasteiger partial charge in [-0.05, 0) is 48.5 Å². The highest BCUT2D eigenvalue weighted by Crippen LogP contribution is 2.40. The third-order valence-corrected chi connectivity index (χ3v) is 5.01. The first kappa shape index (κ1) is 18.7. The number of ether oxygens (including phenoxy) is 3. The molecule has 1 N–H and O–H groups in total. The van der Waals surface area contributed by atoms with Crippen LogP contribution < -0.4 is 24.4 Å². The Kier molecular flexibility index (Phi) is 4.99. The normalized spacial score (nSPS) is 15.3. The number of methoxy groups -OCH3 is 3. The second kappa shape index (κ2) is 7.75. The van der Waals surface area contributed by atoms with E-state index in [0.717, 1.165) is 22.7 Å². The minimum absolute atomic E-state index is 0.0904. The van der Waals surface area contributed by atoms with Crippen LogP contribution in [0.3, 0.4) is 0 Å². The third-order valence-electron chi connectivity index (χ3n) is 5.01. The molecule has 3 aromatic rings. The van der Waals surface area contributed by atoms with Crippen molar-refractivity contribution in [3.63, 3.8) is 0 Å². The Balaban J connectivity index is 1.86.